The van der Waals surface area contributed by atoms with Crippen molar-refractivity contribution in [3.63, 3.8) is 0 Å². The normalized spacial score (nSPS) is 19.2. The van der Waals surface area contributed by atoms with E-state index < -0.39 is 9.84 Å². The van der Waals surface area contributed by atoms with Crippen molar-refractivity contribution in [1.82, 2.24) is 5.32 Å². The lowest BCUT2D eigenvalue weighted by atomic mass is 10.4. The topological polar surface area (TPSA) is 55.4 Å². The second-order valence-electron chi connectivity index (χ2n) is 3.36. The third-order valence-corrected chi connectivity index (χ3v) is 3.19. The fourth-order valence-corrected chi connectivity index (χ4v) is 2.60. The van der Waals surface area contributed by atoms with Gasteiger partial charge in [0, 0.05) is 5.70 Å². The highest BCUT2D eigenvalue weighted by molar-refractivity contribution is 7.92. The van der Waals surface area contributed by atoms with Gasteiger partial charge in [0.2, 0.25) is 0 Å². The van der Waals surface area contributed by atoms with Gasteiger partial charge in [-0.15, -0.1) is 0 Å². The Morgan fingerprint density at radius 1 is 1.64 bits per heavy atom. The maximum atomic E-state index is 11.1. The molecule has 0 aromatic heterocycles. The summed E-state index contributed by atoms with van der Waals surface area (Å²) in [6, 6.07) is 0. The van der Waals surface area contributed by atoms with Gasteiger partial charge < -0.3 is 10.1 Å². The molecule has 0 fully saturated rings. The Balaban J connectivity index is 2.44. The van der Waals surface area contributed by atoms with Crippen LogP contribution < -0.4 is 5.32 Å². The predicted octanol–water partition coefficient (Wildman–Crippen LogP) is 0.598. The molecule has 80 valence electrons. The van der Waals surface area contributed by atoms with Gasteiger partial charge in [-0.1, -0.05) is 0 Å². The summed E-state index contributed by atoms with van der Waals surface area (Å²) in [4.78, 5) is 0. The Labute approximate surface area is 89.2 Å². The third-order valence-electron chi connectivity index (χ3n) is 1.56. The van der Waals surface area contributed by atoms with Crippen LogP contribution in [0, 0.1) is 0 Å². The average molecular weight is 235 g/mol. The van der Waals surface area contributed by atoms with Crippen LogP contribution >= 0.6 is 12.2 Å². The van der Waals surface area contributed by atoms with Gasteiger partial charge in [-0.2, -0.15) is 0 Å². The van der Waals surface area contributed by atoms with Crippen LogP contribution in [0.2, 0.25) is 0 Å². The average Bonchev–Trinajstić information content (AvgIpc) is 2.27. The summed E-state index contributed by atoms with van der Waals surface area (Å²) in [5.74, 6) is 0.105. The van der Waals surface area contributed by atoms with Gasteiger partial charge in [-0.25, -0.2) is 8.42 Å². The minimum Gasteiger partial charge on any atom is -0.468 e. The van der Waals surface area contributed by atoms with E-state index in [2.05, 4.69) is 5.32 Å². The number of rotatable bonds is 2. The van der Waals surface area contributed by atoms with E-state index in [1.807, 2.05) is 13.8 Å². The van der Waals surface area contributed by atoms with E-state index >= 15 is 0 Å². The smallest absolute Gasteiger partial charge is 0.261 e. The van der Waals surface area contributed by atoms with Crippen molar-refractivity contribution in [2.75, 3.05) is 11.5 Å². The summed E-state index contributed by atoms with van der Waals surface area (Å²) >= 11 is 4.87. The molecule has 0 aromatic rings. The van der Waals surface area contributed by atoms with Crippen LogP contribution in [-0.4, -0.2) is 31.2 Å². The third kappa shape index (κ3) is 3.63. The molecule has 1 aliphatic heterocycles. The van der Waals surface area contributed by atoms with Gasteiger partial charge in [0.1, 0.15) is 0 Å². The van der Waals surface area contributed by atoms with E-state index in [0.717, 1.165) is 0 Å². The number of nitrogens with one attached hydrogen (secondary N) is 1. The molecule has 6 heteroatoms. The van der Waals surface area contributed by atoms with Gasteiger partial charge in [-0.05, 0) is 32.1 Å². The first-order valence-electron chi connectivity index (χ1n) is 4.26. The fourth-order valence-electron chi connectivity index (χ4n) is 1.04. The van der Waals surface area contributed by atoms with Crippen LogP contribution in [0.15, 0.2) is 11.8 Å². The van der Waals surface area contributed by atoms with Gasteiger partial charge in [0.15, 0.2) is 9.84 Å². The molecule has 1 rings (SSSR count). The van der Waals surface area contributed by atoms with Crippen LogP contribution in [-0.2, 0) is 14.6 Å². The molecule has 0 radical (unpaired) electrons. The molecular weight excluding hydrogens is 222 g/mol. The minimum absolute atomic E-state index is 0.00592. The van der Waals surface area contributed by atoms with Crippen LogP contribution in [0.5, 0.6) is 0 Å². The van der Waals surface area contributed by atoms with Crippen LogP contribution in [0.4, 0.5) is 0 Å². The van der Waals surface area contributed by atoms with Gasteiger partial charge in [0.05, 0.1) is 17.6 Å². The molecule has 0 spiro atoms. The Bertz CT molecular complexity index is 357. The minimum atomic E-state index is -2.94. The summed E-state index contributed by atoms with van der Waals surface area (Å²) < 4.78 is 27.3. The van der Waals surface area contributed by atoms with Crippen molar-refractivity contribution < 1.29 is 13.2 Å². The van der Waals surface area contributed by atoms with Crippen molar-refractivity contribution in [2.24, 2.45) is 0 Å². The molecule has 0 bridgehead atoms. The maximum absolute atomic E-state index is 11.1. The zero-order chi connectivity index (χ0) is 10.8. The molecule has 0 saturated heterocycles. The molecule has 0 amide bonds. The molecule has 0 aromatic carbocycles. The van der Waals surface area contributed by atoms with Gasteiger partial charge >= 0.3 is 0 Å². The van der Waals surface area contributed by atoms with Gasteiger partial charge in [0.25, 0.3) is 5.17 Å². The largest absolute Gasteiger partial charge is 0.468 e. The van der Waals surface area contributed by atoms with Crippen LogP contribution in [0.25, 0.3) is 0 Å². The Morgan fingerprint density at radius 2 is 2.29 bits per heavy atom. The molecule has 0 atom stereocenters. The van der Waals surface area contributed by atoms with Gasteiger partial charge in [-0.3, -0.25) is 0 Å². The summed E-state index contributed by atoms with van der Waals surface area (Å²) in [5.41, 5.74) is 0.607. The van der Waals surface area contributed by atoms with Crippen molar-refractivity contribution >= 4 is 27.2 Å². The lowest BCUT2D eigenvalue weighted by Crippen LogP contribution is -2.27. The highest BCUT2D eigenvalue weighted by atomic mass is 32.2. The molecule has 1 N–H and O–H groups in total. The summed E-state index contributed by atoms with van der Waals surface area (Å²) in [7, 11) is -2.94. The summed E-state index contributed by atoms with van der Waals surface area (Å²) in [6.45, 7) is 3.71. The molecule has 14 heavy (non-hydrogen) atoms. The first-order valence-corrected chi connectivity index (χ1v) is 6.49. The quantitative estimate of drug-likeness (QED) is 0.710. The predicted molar refractivity (Wildman–Crippen MR) is 58.7 cm³/mol. The van der Waals surface area contributed by atoms with E-state index in [1.54, 1.807) is 6.08 Å². The summed E-state index contributed by atoms with van der Waals surface area (Å²) in [6.07, 6.45) is 1.61. The lowest BCUT2D eigenvalue weighted by Gasteiger charge is -2.12. The molecular formula is C8H13NO3S2. The number of hydrogen-bond acceptors (Lipinski definition) is 4. The number of sulfone groups is 1. The van der Waals surface area contributed by atoms with E-state index in [9.17, 15) is 8.42 Å². The zero-order valence-electron chi connectivity index (χ0n) is 8.11. The first-order chi connectivity index (χ1) is 6.39. The van der Waals surface area contributed by atoms with Crippen LogP contribution in [0.3, 0.4) is 0 Å². The van der Waals surface area contributed by atoms with Crippen molar-refractivity contribution in [3.05, 3.63) is 11.8 Å². The molecule has 1 aliphatic rings. The highest BCUT2D eigenvalue weighted by Gasteiger charge is 2.20. The maximum Gasteiger partial charge on any atom is 0.261 e. The number of ether oxygens (including phenoxy) is 1. The first kappa shape index (κ1) is 11.5. The number of hydrogen-bond donors (Lipinski definition) is 1. The van der Waals surface area contributed by atoms with E-state index in [0.29, 0.717) is 5.70 Å². The van der Waals surface area contributed by atoms with E-state index in [-0.39, 0.29) is 22.8 Å². The van der Waals surface area contributed by atoms with Crippen LogP contribution in [0.1, 0.15) is 13.8 Å². The zero-order valence-corrected chi connectivity index (χ0v) is 9.74. The van der Waals surface area contributed by atoms with Crippen molar-refractivity contribution in [2.45, 2.75) is 20.0 Å². The van der Waals surface area contributed by atoms with Crippen molar-refractivity contribution in [3.8, 4) is 0 Å². The van der Waals surface area contributed by atoms with E-state index in [1.165, 1.54) is 0 Å². The Morgan fingerprint density at radius 3 is 2.71 bits per heavy atom. The molecule has 1 heterocycles. The number of thiocarbonyl (C=S) groups is 1. The molecule has 0 unspecified atom stereocenters. The standard InChI is InChI=1S/C8H13NO3S2/c1-6(2)12-8(13)9-7-3-4-14(10,11)5-7/h3,6H,4-5H2,1-2H3,(H,9,13). The Kier molecular flexibility index (Phi) is 3.49. The molecule has 0 aliphatic carbocycles. The Hall–Kier alpha value is -0.620. The van der Waals surface area contributed by atoms with Crippen molar-refractivity contribution in [1.29, 1.82) is 0 Å². The SMILES string of the molecule is CC(C)OC(=S)NC1=CCS(=O)(=O)C1. The highest BCUT2D eigenvalue weighted by Crippen LogP contribution is 2.08. The lowest BCUT2D eigenvalue weighted by molar-refractivity contribution is 0.226. The fraction of sp³-hybridized carbons (Fsp3) is 0.625. The van der Waals surface area contributed by atoms with E-state index in [4.69, 9.17) is 17.0 Å². The molecule has 0 saturated carbocycles. The second-order valence-corrected chi connectivity index (χ2v) is 5.84. The monoisotopic (exact) mass is 235 g/mol. The second kappa shape index (κ2) is 4.27. The summed E-state index contributed by atoms with van der Waals surface area (Å²) in [5, 5.41) is 2.98. The molecule has 4 nitrogen and oxygen atoms in total.